The van der Waals surface area contributed by atoms with E-state index in [0.29, 0.717) is 29.5 Å². The van der Waals surface area contributed by atoms with E-state index in [1.54, 1.807) is 42.5 Å². The van der Waals surface area contributed by atoms with Crippen LogP contribution in [0.25, 0.3) is 0 Å². The molecule has 3 aromatic rings. The van der Waals surface area contributed by atoms with Crippen LogP contribution < -0.4 is 5.32 Å². The van der Waals surface area contributed by atoms with Crippen LogP contribution in [-0.2, 0) is 36.7 Å². The zero-order valence-electron chi connectivity index (χ0n) is 28.0. The number of hydrogen-bond donors (Lipinski definition) is 2. The summed E-state index contributed by atoms with van der Waals surface area (Å²) in [5, 5.41) is 16.6. The van der Waals surface area contributed by atoms with Gasteiger partial charge in [-0.3, -0.25) is 14.4 Å². The van der Waals surface area contributed by atoms with Gasteiger partial charge in [0.15, 0.2) is 5.78 Å². The lowest BCUT2D eigenvalue weighted by Crippen LogP contribution is -2.22. The Morgan fingerprint density at radius 1 is 0.939 bits per heavy atom. The van der Waals surface area contributed by atoms with Crippen LogP contribution in [-0.4, -0.2) is 54.8 Å². The number of rotatable bonds is 18. The molecule has 256 valence electrons. The Hall–Kier alpha value is -5.77. The molecule has 3 rings (SSSR count). The van der Waals surface area contributed by atoms with Gasteiger partial charge < -0.3 is 24.7 Å². The van der Waals surface area contributed by atoms with Gasteiger partial charge >= 0.3 is 11.9 Å². The van der Waals surface area contributed by atoms with Crippen molar-refractivity contribution in [3.8, 4) is 5.75 Å². The van der Waals surface area contributed by atoms with Crippen molar-refractivity contribution in [1.29, 1.82) is 0 Å². The molecular weight excluding hydrogens is 624 g/mol. The molecule has 0 aliphatic rings. The second-order valence-corrected chi connectivity index (χ2v) is 11.2. The zero-order chi connectivity index (χ0) is 35.4. The maximum Gasteiger partial charge on any atom is 0.342 e. The van der Waals surface area contributed by atoms with Crippen molar-refractivity contribution in [3.63, 3.8) is 0 Å². The molecule has 0 fully saturated rings. The van der Waals surface area contributed by atoms with E-state index in [0.717, 1.165) is 11.1 Å². The Bertz CT molecular complexity index is 1670. The van der Waals surface area contributed by atoms with Crippen LogP contribution in [0.5, 0.6) is 5.75 Å². The van der Waals surface area contributed by atoms with Crippen molar-refractivity contribution in [2.45, 2.75) is 52.1 Å². The fraction of sp³-hybridized carbons (Fsp3) is 0.256. The first-order valence-corrected chi connectivity index (χ1v) is 15.9. The van der Waals surface area contributed by atoms with Crippen molar-refractivity contribution in [3.05, 3.63) is 137 Å². The monoisotopic (exact) mass is 666 g/mol. The molecule has 0 aliphatic heterocycles. The minimum Gasteiger partial charge on any atom is -0.507 e. The number of esters is 2. The number of nitrogens with zero attached hydrogens (tertiary/aromatic N) is 1. The number of nitrogens with one attached hydrogen (secondary N) is 1. The lowest BCUT2D eigenvalue weighted by Gasteiger charge is -2.18. The lowest BCUT2D eigenvalue weighted by molar-refractivity contribution is -0.144. The molecule has 0 aromatic heterocycles. The molecule has 0 spiro atoms. The fourth-order valence-electron chi connectivity index (χ4n) is 4.58. The third-order valence-electron chi connectivity index (χ3n) is 7.15. The molecule has 0 saturated carbocycles. The molecule has 0 radical (unpaired) electrons. The van der Waals surface area contributed by atoms with Gasteiger partial charge in [0, 0.05) is 42.7 Å². The highest BCUT2D eigenvalue weighted by Crippen LogP contribution is 2.25. The van der Waals surface area contributed by atoms with Gasteiger partial charge in [0.2, 0.25) is 5.91 Å². The number of carbonyl (C=O) groups is 4. The third kappa shape index (κ3) is 13.5. The Labute approximate surface area is 286 Å². The van der Waals surface area contributed by atoms with Crippen LogP contribution in [0.15, 0.2) is 114 Å². The molecule has 1 amide bonds. The minimum atomic E-state index is -0.733. The summed E-state index contributed by atoms with van der Waals surface area (Å²) < 4.78 is 11.2. The Morgan fingerprint density at radius 2 is 1.67 bits per heavy atom. The fourth-order valence-corrected chi connectivity index (χ4v) is 4.58. The summed E-state index contributed by atoms with van der Waals surface area (Å²) in [6, 6.07) is 21.0. The normalized spacial score (nSPS) is 11.7. The maximum absolute atomic E-state index is 13.3. The van der Waals surface area contributed by atoms with Crippen molar-refractivity contribution in [2.75, 3.05) is 13.7 Å². The number of oxime groups is 1. The summed E-state index contributed by atoms with van der Waals surface area (Å²) >= 11 is 0. The van der Waals surface area contributed by atoms with Gasteiger partial charge in [0.05, 0.1) is 12.8 Å². The van der Waals surface area contributed by atoms with Crippen molar-refractivity contribution in [1.82, 2.24) is 5.32 Å². The summed E-state index contributed by atoms with van der Waals surface area (Å²) in [6.07, 6.45) is 9.59. The number of allylic oxidation sites excluding steroid dienone is 3. The van der Waals surface area contributed by atoms with Gasteiger partial charge in [-0.25, -0.2) is 4.79 Å². The molecule has 0 saturated heterocycles. The number of phenolic OH excluding ortho intramolecular Hbond substituents is 1. The smallest absolute Gasteiger partial charge is 0.342 e. The quantitative estimate of drug-likeness (QED) is 0.0395. The molecule has 0 unspecified atom stereocenters. The molecule has 10 heteroatoms. The number of aromatic hydroxyl groups is 1. The predicted octanol–water partition coefficient (Wildman–Crippen LogP) is 6.43. The predicted molar refractivity (Wildman–Crippen MR) is 187 cm³/mol. The number of hydrogen-bond acceptors (Lipinski definition) is 9. The van der Waals surface area contributed by atoms with Gasteiger partial charge in [-0.1, -0.05) is 89.6 Å². The molecular formula is C39H42N2O8. The van der Waals surface area contributed by atoms with Crippen LogP contribution in [0.1, 0.15) is 70.5 Å². The van der Waals surface area contributed by atoms with Crippen LogP contribution in [0.4, 0.5) is 0 Å². The summed E-state index contributed by atoms with van der Waals surface area (Å²) in [6.45, 7) is 3.86. The van der Waals surface area contributed by atoms with Crippen molar-refractivity contribution >= 4 is 29.8 Å². The topological polar surface area (TPSA) is 141 Å². The second kappa shape index (κ2) is 20.5. The lowest BCUT2D eigenvalue weighted by atomic mass is 10.0. The van der Waals surface area contributed by atoms with Crippen LogP contribution in [0, 0.1) is 0 Å². The standard InChI is InChI=1S/C39H42N2O8/c1-28(2)16-20-30-12-7-14-34(42)37(30)39(46)49-33(13-8-25-40-35(43)15-9-26-41-47-3)24-27-48-36(44)23-19-29-17-21-32(22-18-29)38(45)31-10-5-4-6-11-31/h4-12,14-18,21-22,25-26,33,42H,13,19-20,23-24,27H2,1-3H3,(H,40,43)/b15-9+,25-8+,41-26+/t33-/m0/s1. The van der Waals surface area contributed by atoms with Crippen LogP contribution in [0.3, 0.4) is 0 Å². The van der Waals surface area contributed by atoms with E-state index < -0.39 is 23.9 Å². The number of ether oxygens (including phenoxy) is 2. The first-order chi connectivity index (χ1) is 23.7. The number of aryl methyl sites for hydroxylation is 1. The molecule has 0 bridgehead atoms. The van der Waals surface area contributed by atoms with Gasteiger partial charge in [0.25, 0.3) is 0 Å². The molecule has 49 heavy (non-hydrogen) atoms. The maximum atomic E-state index is 13.3. The summed E-state index contributed by atoms with van der Waals surface area (Å²) in [5.74, 6) is -1.81. The summed E-state index contributed by atoms with van der Waals surface area (Å²) in [4.78, 5) is 55.0. The third-order valence-corrected chi connectivity index (χ3v) is 7.15. The number of benzene rings is 3. The molecule has 0 heterocycles. The Balaban J connectivity index is 1.59. The molecule has 1 atom stereocenters. The van der Waals surface area contributed by atoms with E-state index in [1.165, 1.54) is 37.7 Å². The number of amides is 1. The first kappa shape index (κ1) is 37.7. The van der Waals surface area contributed by atoms with Crippen LogP contribution in [0.2, 0.25) is 0 Å². The zero-order valence-corrected chi connectivity index (χ0v) is 28.0. The van der Waals surface area contributed by atoms with Gasteiger partial charge in [-0.05, 0) is 50.0 Å². The van der Waals surface area contributed by atoms with E-state index in [-0.39, 0.29) is 43.0 Å². The van der Waals surface area contributed by atoms with Gasteiger partial charge in [0.1, 0.15) is 24.5 Å². The van der Waals surface area contributed by atoms with Gasteiger partial charge in [-0.15, -0.1) is 0 Å². The number of phenols is 1. The van der Waals surface area contributed by atoms with Gasteiger partial charge in [-0.2, -0.15) is 0 Å². The molecule has 0 aliphatic carbocycles. The largest absolute Gasteiger partial charge is 0.507 e. The van der Waals surface area contributed by atoms with Crippen molar-refractivity contribution in [2.24, 2.45) is 5.16 Å². The average Bonchev–Trinajstić information content (AvgIpc) is 3.10. The first-order valence-electron chi connectivity index (χ1n) is 15.9. The van der Waals surface area contributed by atoms with E-state index in [1.807, 2.05) is 50.3 Å². The highest BCUT2D eigenvalue weighted by Gasteiger charge is 2.22. The number of ketones is 1. The Kier molecular flexibility index (Phi) is 15.7. The van der Waals surface area contributed by atoms with E-state index in [2.05, 4.69) is 15.3 Å². The highest BCUT2D eigenvalue weighted by atomic mass is 16.6. The summed E-state index contributed by atoms with van der Waals surface area (Å²) in [5.41, 5.74) is 3.79. The molecule has 10 nitrogen and oxygen atoms in total. The van der Waals surface area contributed by atoms with E-state index >= 15 is 0 Å². The highest BCUT2D eigenvalue weighted by molar-refractivity contribution is 6.08. The molecule has 2 N–H and O–H groups in total. The SMILES string of the molecule is CO/N=C/C=C/C(=O)N/C=C/C[C@@H](CCOC(=O)CCc1ccc(C(=O)c2ccccc2)cc1)OC(=O)c1c(O)cccc1CC=C(C)C. The van der Waals surface area contributed by atoms with E-state index in [9.17, 15) is 24.3 Å². The van der Waals surface area contributed by atoms with E-state index in [4.69, 9.17) is 9.47 Å². The Morgan fingerprint density at radius 3 is 2.39 bits per heavy atom. The summed E-state index contributed by atoms with van der Waals surface area (Å²) in [7, 11) is 1.39. The number of carbonyl (C=O) groups excluding carboxylic acids is 4. The minimum absolute atomic E-state index is 0.0194. The van der Waals surface area contributed by atoms with Crippen molar-refractivity contribution < 1.29 is 38.6 Å². The second-order valence-electron chi connectivity index (χ2n) is 11.2. The molecule has 3 aromatic carbocycles. The van der Waals surface area contributed by atoms with Crippen LogP contribution >= 0.6 is 0 Å². The average molecular weight is 667 g/mol.